The number of hydrogen-bond acceptors (Lipinski definition) is 3. The second kappa shape index (κ2) is 11.6. The number of amides is 2. The molecule has 0 unspecified atom stereocenters. The maximum atomic E-state index is 10.7. The molecule has 2 N–H and O–H groups in total. The molecule has 13 heavy (non-hydrogen) atoms. The Morgan fingerprint density at radius 1 is 1.54 bits per heavy atom. The van der Waals surface area contributed by atoms with Crippen LogP contribution in [0, 0.1) is 0 Å². The van der Waals surface area contributed by atoms with E-state index in [-0.39, 0.29) is 12.6 Å². The Morgan fingerprint density at radius 2 is 2.08 bits per heavy atom. The molecule has 0 aliphatic carbocycles. The van der Waals surface area contributed by atoms with Crippen LogP contribution in [0.5, 0.6) is 0 Å². The highest BCUT2D eigenvalue weighted by Crippen LogP contribution is 1.93. The number of urea groups is 1. The first-order valence-electron chi connectivity index (χ1n) is 4.43. The fourth-order valence-electron chi connectivity index (χ4n) is 0.845. The third-order valence-corrected chi connectivity index (χ3v) is 1.32. The van der Waals surface area contributed by atoms with Gasteiger partial charge >= 0.3 is 6.03 Å². The van der Waals surface area contributed by atoms with E-state index in [1.165, 1.54) is 0 Å². The zero-order valence-corrected chi connectivity index (χ0v) is 9.47. The number of β-amino-alcohol motifs (C(OH)–C–C–N with tert-alkyl or cyclic N) is 1. The zero-order chi connectivity index (χ0) is 10.7. The van der Waals surface area contributed by atoms with Gasteiger partial charge in [-0.1, -0.05) is 13.8 Å². The Balaban J connectivity index is 0. The van der Waals surface area contributed by atoms with E-state index in [9.17, 15) is 4.79 Å². The van der Waals surface area contributed by atoms with E-state index >= 15 is 0 Å². The number of hydrogen-bond donors (Lipinski definition) is 3. The van der Waals surface area contributed by atoms with Gasteiger partial charge in [-0.25, -0.2) is 4.79 Å². The first-order valence-corrected chi connectivity index (χ1v) is 5.32. The van der Waals surface area contributed by atoms with Gasteiger partial charge in [0, 0.05) is 19.6 Å². The molecule has 1 aliphatic rings. The minimum absolute atomic E-state index is 0.0490. The van der Waals surface area contributed by atoms with Crippen LogP contribution in [0.2, 0.25) is 0 Å². The first kappa shape index (κ1) is 15.1. The maximum Gasteiger partial charge on any atom is 0.317 e. The number of thiol groups is 1. The van der Waals surface area contributed by atoms with Crippen LogP contribution in [0.15, 0.2) is 0 Å². The van der Waals surface area contributed by atoms with Gasteiger partial charge in [-0.15, -0.1) is 0 Å². The summed E-state index contributed by atoms with van der Waals surface area (Å²) in [5.41, 5.74) is 0. The lowest BCUT2D eigenvalue weighted by Gasteiger charge is -2.10. The third-order valence-electron chi connectivity index (χ3n) is 1.32. The van der Waals surface area contributed by atoms with Gasteiger partial charge in [0.2, 0.25) is 0 Å². The molecule has 0 aromatic rings. The van der Waals surface area contributed by atoms with Crippen LogP contribution in [0.3, 0.4) is 0 Å². The third kappa shape index (κ3) is 6.72. The molecule has 0 aromatic carbocycles. The van der Waals surface area contributed by atoms with Crippen LogP contribution in [0.1, 0.15) is 13.8 Å². The molecule has 0 saturated carbocycles. The summed E-state index contributed by atoms with van der Waals surface area (Å²) in [5.74, 6) is 0. The molecule has 5 heteroatoms. The van der Waals surface area contributed by atoms with E-state index in [0.717, 1.165) is 6.54 Å². The standard InChI is InChI=1S/C5H10N2O2.C2H6.CH4S/c8-4-3-7-2-1-6-5(7)9;2*1-2/h8H,1-4H2,(H,6,9);1-2H3;2H,1H3. The van der Waals surface area contributed by atoms with E-state index in [0.29, 0.717) is 13.1 Å². The summed E-state index contributed by atoms with van der Waals surface area (Å²) in [5, 5.41) is 11.1. The number of nitrogens with one attached hydrogen (secondary N) is 1. The van der Waals surface area contributed by atoms with E-state index in [1.807, 2.05) is 13.8 Å². The van der Waals surface area contributed by atoms with Crippen molar-refractivity contribution in [3.63, 3.8) is 0 Å². The normalized spacial score (nSPS) is 13.6. The smallest absolute Gasteiger partial charge is 0.317 e. The van der Waals surface area contributed by atoms with E-state index in [2.05, 4.69) is 17.9 Å². The highest BCUT2D eigenvalue weighted by atomic mass is 32.1. The molecule has 4 nitrogen and oxygen atoms in total. The quantitative estimate of drug-likeness (QED) is 0.581. The van der Waals surface area contributed by atoms with Crippen molar-refractivity contribution < 1.29 is 9.90 Å². The van der Waals surface area contributed by atoms with E-state index in [4.69, 9.17) is 5.11 Å². The van der Waals surface area contributed by atoms with Gasteiger partial charge in [0.15, 0.2) is 0 Å². The SMILES string of the molecule is CC.CS.O=C1NCCN1CCO. The second-order valence-electron chi connectivity index (χ2n) is 1.94. The fraction of sp³-hybridized carbons (Fsp3) is 0.875. The Hall–Kier alpha value is -0.420. The van der Waals surface area contributed by atoms with Gasteiger partial charge in [0.05, 0.1) is 6.61 Å². The van der Waals surface area contributed by atoms with Crippen molar-refractivity contribution in [1.82, 2.24) is 10.2 Å². The maximum absolute atomic E-state index is 10.7. The van der Waals surface area contributed by atoms with Crippen LogP contribution in [-0.2, 0) is 0 Å². The van der Waals surface area contributed by atoms with Crippen LogP contribution in [0.4, 0.5) is 4.79 Å². The van der Waals surface area contributed by atoms with Gasteiger partial charge in [0.25, 0.3) is 0 Å². The summed E-state index contributed by atoms with van der Waals surface area (Å²) in [6, 6.07) is -0.0657. The summed E-state index contributed by atoms with van der Waals surface area (Å²) in [7, 11) is 0. The molecule has 1 saturated heterocycles. The van der Waals surface area contributed by atoms with Crippen molar-refractivity contribution in [2.45, 2.75) is 13.8 Å². The highest BCUT2D eigenvalue weighted by Gasteiger charge is 2.17. The van der Waals surface area contributed by atoms with Gasteiger partial charge in [0.1, 0.15) is 0 Å². The molecule has 0 atom stereocenters. The number of aliphatic hydroxyl groups excluding tert-OH is 1. The van der Waals surface area contributed by atoms with Crippen molar-refractivity contribution in [3.8, 4) is 0 Å². The fourth-order valence-corrected chi connectivity index (χ4v) is 0.845. The molecule has 1 fully saturated rings. The lowest BCUT2D eigenvalue weighted by molar-refractivity contribution is 0.197. The topological polar surface area (TPSA) is 52.6 Å². The highest BCUT2D eigenvalue weighted by molar-refractivity contribution is 7.79. The molecule has 80 valence electrons. The second-order valence-corrected chi connectivity index (χ2v) is 1.94. The Kier molecular flexibility index (Phi) is 13.4. The summed E-state index contributed by atoms with van der Waals surface area (Å²) in [6.45, 7) is 5.93. The molecule has 1 rings (SSSR count). The Bertz CT molecular complexity index is 123. The molecule has 1 aliphatic heterocycles. The van der Waals surface area contributed by atoms with E-state index < -0.39 is 0 Å². The van der Waals surface area contributed by atoms with Crippen molar-refractivity contribution in [1.29, 1.82) is 0 Å². The predicted octanol–water partition coefficient (Wildman–Crippen LogP) is 0.576. The Morgan fingerprint density at radius 3 is 2.38 bits per heavy atom. The molecule has 0 spiro atoms. The van der Waals surface area contributed by atoms with Crippen LogP contribution >= 0.6 is 12.6 Å². The summed E-state index contributed by atoms with van der Waals surface area (Å²) >= 11 is 3.53. The summed E-state index contributed by atoms with van der Waals surface area (Å²) in [4.78, 5) is 12.3. The van der Waals surface area contributed by atoms with Gasteiger partial charge in [-0.05, 0) is 6.26 Å². The van der Waals surface area contributed by atoms with Gasteiger partial charge in [-0.2, -0.15) is 12.6 Å². The molecule has 0 bridgehead atoms. The average Bonchev–Trinajstić information content (AvgIpc) is 2.60. The number of rotatable bonds is 2. The molecule has 1 heterocycles. The number of nitrogens with zero attached hydrogens (tertiary/aromatic N) is 1. The zero-order valence-electron chi connectivity index (χ0n) is 8.58. The lowest BCUT2D eigenvalue weighted by Crippen LogP contribution is -2.30. The van der Waals surface area contributed by atoms with Crippen LogP contribution in [0.25, 0.3) is 0 Å². The molecular weight excluding hydrogens is 188 g/mol. The Labute approximate surface area is 85.7 Å². The minimum atomic E-state index is -0.0657. The van der Waals surface area contributed by atoms with Crippen LogP contribution in [-0.4, -0.2) is 48.5 Å². The van der Waals surface area contributed by atoms with Crippen molar-refractivity contribution >= 4 is 18.7 Å². The molecule has 0 aromatic heterocycles. The van der Waals surface area contributed by atoms with Crippen molar-refractivity contribution in [2.24, 2.45) is 0 Å². The van der Waals surface area contributed by atoms with Crippen LogP contribution < -0.4 is 5.32 Å². The number of aliphatic hydroxyl groups is 1. The predicted molar refractivity (Wildman–Crippen MR) is 58.3 cm³/mol. The average molecular weight is 208 g/mol. The minimum Gasteiger partial charge on any atom is -0.395 e. The van der Waals surface area contributed by atoms with Crippen molar-refractivity contribution in [3.05, 3.63) is 0 Å². The van der Waals surface area contributed by atoms with Gasteiger partial charge < -0.3 is 15.3 Å². The number of carbonyl (C=O) groups excluding carboxylic acids is 1. The largest absolute Gasteiger partial charge is 0.395 e. The molecule has 2 amide bonds. The monoisotopic (exact) mass is 208 g/mol. The van der Waals surface area contributed by atoms with Crippen molar-refractivity contribution in [2.75, 3.05) is 32.5 Å². The van der Waals surface area contributed by atoms with E-state index in [1.54, 1.807) is 11.2 Å². The first-order chi connectivity index (χ1) is 6.34. The summed E-state index contributed by atoms with van der Waals surface area (Å²) in [6.07, 6.45) is 1.69. The molecule has 0 radical (unpaired) electrons. The number of carbonyl (C=O) groups is 1. The van der Waals surface area contributed by atoms with Gasteiger partial charge in [-0.3, -0.25) is 0 Å². The molecular formula is C8H20N2O2S. The summed E-state index contributed by atoms with van der Waals surface area (Å²) < 4.78 is 0. The lowest BCUT2D eigenvalue weighted by atomic mass is 10.5.